The Kier molecular flexibility index (Phi) is 7.83. The van der Waals surface area contributed by atoms with Crippen LogP contribution in [0.5, 0.6) is 0 Å². The summed E-state index contributed by atoms with van der Waals surface area (Å²) in [6, 6.07) is 0. The second-order valence-electron chi connectivity index (χ2n) is 2.37. The van der Waals surface area contributed by atoms with Crippen molar-refractivity contribution in [3.05, 3.63) is 12.2 Å². The summed E-state index contributed by atoms with van der Waals surface area (Å²) in [5, 5.41) is 0. The average Bonchev–Trinajstić information content (AvgIpc) is 2.12. The molecule has 13 heavy (non-hydrogen) atoms. The molecule has 0 saturated carbocycles. The van der Waals surface area contributed by atoms with Gasteiger partial charge >= 0.3 is 5.97 Å². The Bertz CT molecular complexity index is 168. The summed E-state index contributed by atoms with van der Waals surface area (Å²) >= 11 is 1.61. The van der Waals surface area contributed by atoms with Crippen molar-refractivity contribution in [3.8, 4) is 0 Å². The molecule has 0 aromatic carbocycles. The molecule has 0 aliphatic rings. The van der Waals surface area contributed by atoms with Crippen molar-refractivity contribution < 1.29 is 14.3 Å². The van der Waals surface area contributed by atoms with Crippen molar-refractivity contribution >= 4 is 17.7 Å². The van der Waals surface area contributed by atoms with Gasteiger partial charge in [0.25, 0.3) is 0 Å². The fourth-order valence-corrected chi connectivity index (χ4v) is 1.42. The van der Waals surface area contributed by atoms with E-state index in [9.17, 15) is 4.79 Å². The molecule has 0 N–H and O–H groups in total. The van der Waals surface area contributed by atoms with Gasteiger partial charge in [-0.1, -0.05) is 6.58 Å². The Hall–Kier alpha value is -0.480. The van der Waals surface area contributed by atoms with Gasteiger partial charge < -0.3 is 9.47 Å². The zero-order valence-electron chi connectivity index (χ0n) is 8.17. The highest BCUT2D eigenvalue weighted by Crippen LogP contribution is 2.07. The smallest absolute Gasteiger partial charge is 0.334 e. The number of hydrogen-bond acceptors (Lipinski definition) is 4. The third-order valence-corrected chi connectivity index (χ3v) is 2.28. The van der Waals surface area contributed by atoms with Crippen LogP contribution in [0, 0.1) is 0 Å². The van der Waals surface area contributed by atoms with Crippen molar-refractivity contribution in [2.75, 3.05) is 31.8 Å². The van der Waals surface area contributed by atoms with Crippen LogP contribution < -0.4 is 0 Å². The topological polar surface area (TPSA) is 35.5 Å². The summed E-state index contributed by atoms with van der Waals surface area (Å²) in [6.07, 6.45) is 0. The molecule has 0 rings (SSSR count). The molecule has 0 amide bonds. The van der Waals surface area contributed by atoms with Crippen LogP contribution in [0.1, 0.15) is 6.92 Å². The molecule has 0 heterocycles. The minimum Gasteiger partial charge on any atom is -0.463 e. The van der Waals surface area contributed by atoms with E-state index in [1.165, 1.54) is 0 Å². The second-order valence-corrected chi connectivity index (χ2v) is 3.47. The molecule has 4 heteroatoms. The van der Waals surface area contributed by atoms with E-state index in [1.807, 2.05) is 0 Å². The maximum atomic E-state index is 11.0. The maximum absolute atomic E-state index is 11.0. The number of esters is 1. The summed E-state index contributed by atoms with van der Waals surface area (Å²) in [6.45, 7) is 6.51. The highest BCUT2D eigenvalue weighted by molar-refractivity contribution is 7.99. The predicted octanol–water partition coefficient (Wildman–Crippen LogP) is 1.49. The van der Waals surface area contributed by atoms with Crippen molar-refractivity contribution in [2.45, 2.75) is 6.92 Å². The van der Waals surface area contributed by atoms with Gasteiger partial charge in [-0.15, -0.1) is 0 Å². The quantitative estimate of drug-likeness (QED) is 0.357. The van der Waals surface area contributed by atoms with Crippen LogP contribution in [-0.2, 0) is 14.3 Å². The minimum absolute atomic E-state index is 0.299. The fourth-order valence-electron chi connectivity index (χ4n) is 0.630. The molecule has 0 aliphatic heterocycles. The Morgan fingerprint density at radius 2 is 2.23 bits per heavy atom. The number of carbonyl (C=O) groups is 1. The van der Waals surface area contributed by atoms with E-state index in [1.54, 1.807) is 25.8 Å². The molecular weight excluding hydrogens is 188 g/mol. The molecular formula is C9H16O3S. The molecule has 0 fully saturated rings. The first-order chi connectivity index (χ1) is 6.22. The van der Waals surface area contributed by atoms with Gasteiger partial charge in [-0.05, 0) is 6.92 Å². The SMILES string of the molecule is C=C(CSCCOC)C(=O)OCC. The molecule has 3 nitrogen and oxygen atoms in total. The first-order valence-corrected chi connectivity index (χ1v) is 5.29. The molecule has 0 aliphatic carbocycles. The Morgan fingerprint density at radius 1 is 1.54 bits per heavy atom. The average molecular weight is 204 g/mol. The highest BCUT2D eigenvalue weighted by Gasteiger charge is 2.06. The number of methoxy groups -OCH3 is 1. The molecule has 0 bridgehead atoms. The lowest BCUT2D eigenvalue weighted by atomic mass is 10.4. The fraction of sp³-hybridized carbons (Fsp3) is 0.667. The van der Waals surface area contributed by atoms with Crippen LogP contribution in [0.4, 0.5) is 0 Å². The first-order valence-electron chi connectivity index (χ1n) is 4.14. The van der Waals surface area contributed by atoms with Gasteiger partial charge in [0, 0.05) is 24.2 Å². The van der Waals surface area contributed by atoms with E-state index in [4.69, 9.17) is 9.47 Å². The van der Waals surface area contributed by atoms with E-state index < -0.39 is 0 Å². The first kappa shape index (κ1) is 12.5. The van der Waals surface area contributed by atoms with Gasteiger partial charge in [-0.3, -0.25) is 0 Å². The van der Waals surface area contributed by atoms with Gasteiger partial charge in [-0.25, -0.2) is 4.79 Å². The third-order valence-electron chi connectivity index (χ3n) is 1.27. The number of thioether (sulfide) groups is 1. The van der Waals surface area contributed by atoms with Crippen LogP contribution in [0.2, 0.25) is 0 Å². The molecule has 0 radical (unpaired) electrons. The number of carbonyl (C=O) groups excluding carboxylic acids is 1. The standard InChI is InChI=1S/C9H16O3S/c1-4-12-9(10)8(2)7-13-6-5-11-3/h2,4-7H2,1,3H3. The van der Waals surface area contributed by atoms with E-state index >= 15 is 0 Å². The van der Waals surface area contributed by atoms with E-state index in [-0.39, 0.29) is 5.97 Å². The zero-order valence-corrected chi connectivity index (χ0v) is 8.99. The van der Waals surface area contributed by atoms with Crippen LogP contribution in [0.3, 0.4) is 0 Å². The minimum atomic E-state index is -0.299. The van der Waals surface area contributed by atoms with Crippen LogP contribution in [0.15, 0.2) is 12.2 Å². The molecule has 0 atom stereocenters. The van der Waals surface area contributed by atoms with Gasteiger partial charge in [0.15, 0.2) is 0 Å². The lowest BCUT2D eigenvalue weighted by molar-refractivity contribution is -0.138. The third kappa shape index (κ3) is 6.66. The van der Waals surface area contributed by atoms with Crippen molar-refractivity contribution in [1.29, 1.82) is 0 Å². The summed E-state index contributed by atoms with van der Waals surface area (Å²) in [7, 11) is 1.65. The van der Waals surface area contributed by atoms with Crippen LogP contribution >= 0.6 is 11.8 Å². The molecule has 0 spiro atoms. The summed E-state index contributed by atoms with van der Waals surface area (Å²) in [5.41, 5.74) is 0.517. The molecule has 0 aromatic heterocycles. The summed E-state index contributed by atoms with van der Waals surface area (Å²) < 4.78 is 9.64. The van der Waals surface area contributed by atoms with E-state index in [2.05, 4.69) is 6.58 Å². The lowest BCUT2D eigenvalue weighted by Crippen LogP contribution is -2.09. The predicted molar refractivity (Wildman–Crippen MR) is 55.0 cm³/mol. The van der Waals surface area contributed by atoms with Crippen LogP contribution in [0.25, 0.3) is 0 Å². The van der Waals surface area contributed by atoms with Gasteiger partial charge in [0.05, 0.1) is 13.2 Å². The number of ether oxygens (including phenoxy) is 2. The largest absolute Gasteiger partial charge is 0.463 e. The highest BCUT2D eigenvalue weighted by atomic mass is 32.2. The van der Waals surface area contributed by atoms with Crippen molar-refractivity contribution in [1.82, 2.24) is 0 Å². The number of hydrogen-bond donors (Lipinski definition) is 0. The Morgan fingerprint density at radius 3 is 2.77 bits per heavy atom. The molecule has 0 unspecified atom stereocenters. The molecule has 0 saturated heterocycles. The van der Waals surface area contributed by atoms with Crippen molar-refractivity contribution in [3.63, 3.8) is 0 Å². The Balaban J connectivity index is 3.44. The van der Waals surface area contributed by atoms with Crippen LogP contribution in [-0.4, -0.2) is 37.8 Å². The monoisotopic (exact) mass is 204 g/mol. The summed E-state index contributed by atoms with van der Waals surface area (Å²) in [5.74, 6) is 1.18. The second kappa shape index (κ2) is 8.13. The molecule has 0 aromatic rings. The van der Waals surface area contributed by atoms with Gasteiger partial charge in [0.2, 0.25) is 0 Å². The molecule has 76 valence electrons. The zero-order chi connectivity index (χ0) is 10.1. The summed E-state index contributed by atoms with van der Waals surface area (Å²) in [4.78, 5) is 11.0. The van der Waals surface area contributed by atoms with E-state index in [0.717, 1.165) is 5.75 Å². The Labute approximate surface area is 83.5 Å². The normalized spacial score (nSPS) is 9.69. The van der Waals surface area contributed by atoms with Gasteiger partial charge in [0.1, 0.15) is 0 Å². The van der Waals surface area contributed by atoms with E-state index in [0.29, 0.717) is 24.5 Å². The lowest BCUT2D eigenvalue weighted by Gasteiger charge is -2.04. The van der Waals surface area contributed by atoms with Crippen molar-refractivity contribution in [2.24, 2.45) is 0 Å². The van der Waals surface area contributed by atoms with Gasteiger partial charge in [-0.2, -0.15) is 11.8 Å². The maximum Gasteiger partial charge on any atom is 0.334 e. The number of rotatable bonds is 7.